The van der Waals surface area contributed by atoms with Crippen molar-refractivity contribution in [3.05, 3.63) is 97.6 Å². The molecule has 4 aliphatic rings. The molecule has 0 saturated carbocycles. The number of ketones is 2. The Kier molecular flexibility index (Phi) is 18.1. The van der Waals surface area contributed by atoms with Gasteiger partial charge in [0, 0.05) is 73.6 Å². The minimum Gasteiger partial charge on any atom is -0.458 e. The Hall–Kier alpha value is -7.52. The van der Waals surface area contributed by atoms with Gasteiger partial charge in [0.25, 0.3) is 5.56 Å². The third-order valence-corrected chi connectivity index (χ3v) is 15.3. The topological polar surface area (TPSA) is 279 Å². The third kappa shape index (κ3) is 12.4. The number of hydrogen-bond donors (Lipinski definition) is 5. The molecule has 0 bridgehead atoms. The number of likely N-dealkylation sites (tertiary alicyclic amines) is 1. The van der Waals surface area contributed by atoms with Crippen LogP contribution in [0, 0.1) is 18.7 Å². The van der Waals surface area contributed by atoms with E-state index in [0.29, 0.717) is 84.1 Å². The van der Waals surface area contributed by atoms with Crippen LogP contribution in [-0.4, -0.2) is 105 Å². The van der Waals surface area contributed by atoms with E-state index in [2.05, 4.69) is 21.3 Å². The van der Waals surface area contributed by atoms with Crippen molar-refractivity contribution < 1.29 is 62.1 Å². The van der Waals surface area contributed by atoms with Gasteiger partial charge in [0.2, 0.25) is 35.4 Å². The maximum atomic E-state index is 15.4. The molecule has 8 rings (SSSR count). The van der Waals surface area contributed by atoms with Crippen molar-refractivity contribution in [2.24, 2.45) is 5.92 Å². The lowest BCUT2D eigenvalue weighted by Crippen LogP contribution is -2.44. The number of nitrogens with one attached hydrogen (secondary N) is 4. The smallest absolute Gasteiger partial charge is 0.343 e. The molecule has 5 heterocycles. The number of ether oxygens (including phenoxy) is 2. The van der Waals surface area contributed by atoms with Crippen molar-refractivity contribution in [1.29, 1.82) is 0 Å². The number of unbranched alkanes of at least 4 members (excludes halogenated alkanes) is 2. The number of imide groups is 1. The Balaban J connectivity index is 0.789. The molecule has 78 heavy (non-hydrogen) atoms. The molecule has 1 saturated heterocycles. The second-order valence-corrected chi connectivity index (χ2v) is 20.5. The molecular weight excluding hydrogens is 1010 g/mol. The van der Waals surface area contributed by atoms with Gasteiger partial charge in [-0.05, 0) is 80.2 Å². The van der Waals surface area contributed by atoms with Crippen LogP contribution in [0.15, 0.2) is 47.3 Å². The molecule has 3 aliphatic heterocycles. The van der Waals surface area contributed by atoms with Crippen molar-refractivity contribution in [1.82, 2.24) is 35.7 Å². The molecule has 1 unspecified atom stereocenters. The molecule has 1 aliphatic carbocycles. The number of halogens is 1. The van der Waals surface area contributed by atoms with Crippen LogP contribution in [0.1, 0.15) is 142 Å². The minimum atomic E-state index is -2.05. The number of amides is 6. The van der Waals surface area contributed by atoms with Crippen LogP contribution in [0.2, 0.25) is 0 Å². The molecule has 6 amide bonds. The van der Waals surface area contributed by atoms with Crippen LogP contribution in [0.25, 0.3) is 22.3 Å². The number of esters is 1. The Bertz CT molecular complexity index is 3120. The minimum absolute atomic E-state index is 0.0449. The number of rotatable bonds is 26. The van der Waals surface area contributed by atoms with Crippen LogP contribution in [-0.2, 0) is 84.2 Å². The van der Waals surface area contributed by atoms with Crippen LogP contribution >= 0.6 is 0 Å². The first-order valence-corrected chi connectivity index (χ1v) is 26.9. The Morgan fingerprint density at radius 3 is 2.41 bits per heavy atom. The fourth-order valence-corrected chi connectivity index (χ4v) is 11.0. The van der Waals surface area contributed by atoms with Crippen LogP contribution in [0.3, 0.4) is 0 Å². The van der Waals surface area contributed by atoms with Crippen molar-refractivity contribution in [3.63, 3.8) is 0 Å². The predicted octanol–water partition coefficient (Wildman–Crippen LogP) is 4.00. The highest BCUT2D eigenvalue weighted by molar-refractivity contribution is 6.03. The first-order chi connectivity index (χ1) is 37.4. The van der Waals surface area contributed by atoms with Crippen LogP contribution in [0.4, 0.5) is 4.39 Å². The number of fused-ring (bicyclic) bond motifs is 5. The standard InChI is InChI=1S/C57H66FN7O13/c1-4-12-34-24-50(72)64(54(34)73)22-11-7-10-15-46(68)59-27-35(66)16-20-48(70)62-42(23-33-13-8-6-9-14-33)45(67)19-21-47(69)60-31-77-30-49(71)61-41-18-17-36-32(3)40(58)26-43-51(36)52(41)37-28-65-44(53(37)63-43)25-39-38(55(65)74)29-78-56(75)57(39,76)5-2/h6,8-9,13-14,25-26,34,41-42,76H,4-5,7,10-12,15-24,27-31H2,1-3H3,(H,59,68)(H,60,69)(H,61,71)(H,62,70)/t34?,41-,42-,57-/m0/s1. The zero-order chi connectivity index (χ0) is 55.8. The summed E-state index contributed by atoms with van der Waals surface area (Å²) in [5.41, 5.74) is 2.00. The maximum Gasteiger partial charge on any atom is 0.343 e. The van der Waals surface area contributed by atoms with Crippen molar-refractivity contribution >= 4 is 63.9 Å². The quantitative estimate of drug-likeness (QED) is 0.0227. The number of hydrogen-bond acceptors (Lipinski definition) is 14. The number of carbonyl (C=O) groups is 9. The lowest BCUT2D eigenvalue weighted by Gasteiger charge is -2.31. The van der Waals surface area contributed by atoms with E-state index in [1.54, 1.807) is 50.2 Å². The summed E-state index contributed by atoms with van der Waals surface area (Å²) < 4.78 is 27.6. The molecule has 2 aromatic heterocycles. The van der Waals surface area contributed by atoms with E-state index in [-0.39, 0.29) is 118 Å². The average molecular weight is 1080 g/mol. The van der Waals surface area contributed by atoms with Crippen LogP contribution < -0.4 is 26.8 Å². The van der Waals surface area contributed by atoms with Gasteiger partial charge in [0.05, 0.1) is 47.6 Å². The van der Waals surface area contributed by atoms with Gasteiger partial charge in [-0.3, -0.25) is 48.1 Å². The van der Waals surface area contributed by atoms with E-state index in [9.17, 15) is 53.1 Å². The number of Topliss-reactive ketones (excluding diaryl/α,β-unsaturated/α-hetero) is 2. The lowest BCUT2D eigenvalue weighted by molar-refractivity contribution is -0.172. The van der Waals surface area contributed by atoms with Crippen LogP contribution in [0.5, 0.6) is 0 Å². The molecule has 0 radical (unpaired) electrons. The van der Waals surface area contributed by atoms with Gasteiger partial charge >= 0.3 is 5.97 Å². The molecule has 0 spiro atoms. The number of aliphatic hydroxyl groups is 1. The van der Waals surface area contributed by atoms with E-state index in [4.69, 9.17) is 14.5 Å². The maximum absolute atomic E-state index is 15.4. The fraction of sp³-hybridized carbons (Fsp3) is 0.491. The zero-order valence-corrected chi connectivity index (χ0v) is 44.2. The monoisotopic (exact) mass is 1080 g/mol. The SMILES string of the molecule is CCCC1CC(=O)N(CCCCCC(=O)NCC(=O)CCC(=O)N[C@@H](Cc2ccccc2)C(=O)CCC(=O)NCOCC(=O)N[C@H]2CCc3c(C)c(F)cc4nc5c(c2c34)Cn2c-5cc3c(c2=O)COC(=O)[C@]3(O)CC)C1=O. The molecule has 21 heteroatoms. The van der Waals surface area contributed by atoms with E-state index < -0.39 is 65.1 Å². The summed E-state index contributed by atoms with van der Waals surface area (Å²) >= 11 is 0. The fourth-order valence-electron chi connectivity index (χ4n) is 11.0. The van der Waals surface area contributed by atoms with Crippen molar-refractivity contribution in [3.8, 4) is 11.4 Å². The summed E-state index contributed by atoms with van der Waals surface area (Å²) in [7, 11) is 0. The number of aryl methyl sites for hydroxylation is 1. The summed E-state index contributed by atoms with van der Waals surface area (Å²) in [5, 5.41) is 22.9. The van der Waals surface area contributed by atoms with Gasteiger partial charge < -0.3 is 40.4 Å². The summed E-state index contributed by atoms with van der Waals surface area (Å²) in [5.74, 6) is -4.63. The molecule has 2 aromatic carbocycles. The second kappa shape index (κ2) is 24.9. The number of cyclic esters (lactones) is 1. The summed E-state index contributed by atoms with van der Waals surface area (Å²) in [6, 6.07) is 10.2. The Morgan fingerprint density at radius 1 is 0.897 bits per heavy atom. The molecule has 4 atom stereocenters. The Labute approximate surface area is 449 Å². The largest absolute Gasteiger partial charge is 0.458 e. The lowest BCUT2D eigenvalue weighted by atomic mass is 9.81. The number of carbonyl (C=O) groups excluding carboxylic acids is 9. The zero-order valence-electron chi connectivity index (χ0n) is 44.2. The van der Waals surface area contributed by atoms with E-state index >= 15 is 4.39 Å². The molecule has 1 fully saturated rings. The molecule has 414 valence electrons. The van der Waals surface area contributed by atoms with Gasteiger partial charge in [-0.2, -0.15) is 0 Å². The summed E-state index contributed by atoms with van der Waals surface area (Å²) in [6.45, 7) is 4.22. The average Bonchev–Trinajstić information content (AvgIpc) is 4.01. The van der Waals surface area contributed by atoms with Gasteiger partial charge in [-0.1, -0.05) is 57.0 Å². The highest BCUT2D eigenvalue weighted by atomic mass is 19.1. The van der Waals surface area contributed by atoms with E-state index in [1.165, 1.54) is 15.5 Å². The molecular formula is C57H66FN7O13. The van der Waals surface area contributed by atoms with E-state index in [0.717, 1.165) is 17.5 Å². The van der Waals surface area contributed by atoms with E-state index in [1.807, 2.05) is 6.92 Å². The number of pyridine rings is 2. The molecule has 4 aromatic rings. The first-order valence-electron chi connectivity index (χ1n) is 26.9. The predicted molar refractivity (Wildman–Crippen MR) is 279 cm³/mol. The van der Waals surface area contributed by atoms with Gasteiger partial charge in [-0.25, -0.2) is 14.2 Å². The summed E-state index contributed by atoms with van der Waals surface area (Å²) in [4.78, 5) is 136. The van der Waals surface area contributed by atoms with Crippen molar-refractivity contribution in [2.45, 2.75) is 148 Å². The third-order valence-electron chi connectivity index (χ3n) is 15.3. The van der Waals surface area contributed by atoms with Gasteiger partial charge in [-0.15, -0.1) is 0 Å². The highest BCUT2D eigenvalue weighted by Gasteiger charge is 2.46. The van der Waals surface area contributed by atoms with Gasteiger partial charge in [0.15, 0.2) is 17.2 Å². The van der Waals surface area contributed by atoms with Crippen molar-refractivity contribution in [2.75, 3.05) is 26.4 Å². The normalized spacial score (nSPS) is 18.4. The Morgan fingerprint density at radius 2 is 1.65 bits per heavy atom. The second-order valence-electron chi connectivity index (χ2n) is 20.5. The molecule has 20 nitrogen and oxygen atoms in total. The molecule has 5 N–H and O–H groups in total. The number of aromatic nitrogens is 2. The highest BCUT2D eigenvalue weighted by Crippen LogP contribution is 2.46. The number of benzene rings is 2. The van der Waals surface area contributed by atoms with Gasteiger partial charge in [0.1, 0.15) is 25.8 Å². The summed E-state index contributed by atoms with van der Waals surface area (Å²) in [6.07, 6.45) is 3.56. The number of nitrogens with zero attached hydrogens (tertiary/aromatic N) is 3. The first kappa shape index (κ1) is 56.7.